The smallest absolute Gasteiger partial charge is 0.246 e. The molecule has 0 unspecified atom stereocenters. The molecular formula is C21H23N3O5. The molecule has 0 bridgehead atoms. The Bertz CT molecular complexity index is 941. The number of amidine groups is 1. The highest BCUT2D eigenvalue weighted by Crippen LogP contribution is 2.31. The molecule has 0 aromatic heterocycles. The van der Waals surface area contributed by atoms with Gasteiger partial charge in [-0.3, -0.25) is 15.0 Å². The zero-order valence-corrected chi connectivity index (χ0v) is 16.8. The van der Waals surface area contributed by atoms with Crippen molar-refractivity contribution in [1.82, 2.24) is 10.4 Å². The van der Waals surface area contributed by atoms with Gasteiger partial charge in [-0.2, -0.15) is 0 Å². The number of carbonyl (C=O) groups is 2. The minimum absolute atomic E-state index is 0.276. The molecular weight excluding hydrogens is 374 g/mol. The molecule has 2 aromatic rings. The first-order valence-corrected chi connectivity index (χ1v) is 9.02. The zero-order chi connectivity index (χ0) is 21.0. The number of ketones is 1. The second kappa shape index (κ2) is 8.22. The zero-order valence-electron chi connectivity index (χ0n) is 16.8. The number of amides is 1. The van der Waals surface area contributed by atoms with Crippen LogP contribution in [-0.4, -0.2) is 42.5 Å². The number of benzene rings is 2. The first-order valence-electron chi connectivity index (χ1n) is 9.02. The van der Waals surface area contributed by atoms with Crippen LogP contribution in [0.5, 0.6) is 11.5 Å². The van der Waals surface area contributed by atoms with Crippen LogP contribution in [0.25, 0.3) is 0 Å². The van der Waals surface area contributed by atoms with E-state index in [4.69, 9.17) is 14.3 Å². The molecule has 0 saturated carbocycles. The highest BCUT2D eigenvalue weighted by molar-refractivity contribution is 6.08. The molecule has 0 spiro atoms. The van der Waals surface area contributed by atoms with Gasteiger partial charge >= 0.3 is 0 Å². The van der Waals surface area contributed by atoms with Gasteiger partial charge in [0, 0.05) is 11.6 Å². The molecule has 152 valence electrons. The average Bonchev–Trinajstić information content (AvgIpc) is 3.02. The quantitative estimate of drug-likeness (QED) is 0.571. The lowest BCUT2D eigenvalue weighted by Gasteiger charge is -2.31. The third kappa shape index (κ3) is 4.31. The van der Waals surface area contributed by atoms with Gasteiger partial charge in [0.25, 0.3) is 0 Å². The average molecular weight is 397 g/mol. The van der Waals surface area contributed by atoms with Crippen LogP contribution < -0.4 is 14.9 Å². The van der Waals surface area contributed by atoms with Crippen molar-refractivity contribution in [2.24, 2.45) is 5.16 Å². The number of oxime groups is 1. The Balaban J connectivity index is 1.80. The summed E-state index contributed by atoms with van der Waals surface area (Å²) in [5, 5.41) is 5.60. The van der Waals surface area contributed by atoms with E-state index in [0.29, 0.717) is 28.5 Å². The number of carbonyl (C=O) groups excluding carboxylic acids is 2. The van der Waals surface area contributed by atoms with Crippen LogP contribution in [0.15, 0.2) is 53.7 Å². The lowest BCUT2D eigenvalue weighted by molar-refractivity contribution is -0.134. The van der Waals surface area contributed by atoms with E-state index in [1.807, 2.05) is 6.07 Å². The molecule has 0 saturated heterocycles. The van der Waals surface area contributed by atoms with Crippen molar-refractivity contribution in [3.8, 4) is 11.5 Å². The Labute approximate surface area is 169 Å². The van der Waals surface area contributed by atoms with Crippen molar-refractivity contribution in [2.75, 3.05) is 14.2 Å². The number of Topliss-reactive ketones (excluding diaryl/α,β-unsaturated/α-hetero) is 1. The monoisotopic (exact) mass is 397 g/mol. The van der Waals surface area contributed by atoms with Gasteiger partial charge in [0.1, 0.15) is 11.5 Å². The van der Waals surface area contributed by atoms with Crippen LogP contribution in [0.2, 0.25) is 0 Å². The van der Waals surface area contributed by atoms with E-state index in [1.54, 1.807) is 63.4 Å². The highest BCUT2D eigenvalue weighted by atomic mass is 16.7. The van der Waals surface area contributed by atoms with Crippen LogP contribution in [0.1, 0.15) is 36.2 Å². The molecule has 0 radical (unpaired) electrons. The van der Waals surface area contributed by atoms with Gasteiger partial charge in [0.05, 0.1) is 26.2 Å². The summed E-state index contributed by atoms with van der Waals surface area (Å²) in [5.41, 5.74) is 2.86. The number of hydrogen-bond donors (Lipinski definition) is 1. The summed E-state index contributed by atoms with van der Waals surface area (Å²) < 4.78 is 10.7. The Hall–Kier alpha value is -3.55. The molecule has 3 rings (SSSR count). The second-order valence-electron chi connectivity index (χ2n) is 6.86. The third-order valence-electron chi connectivity index (χ3n) is 4.41. The van der Waals surface area contributed by atoms with Gasteiger partial charge in [0.15, 0.2) is 5.78 Å². The number of methoxy groups -OCH3 is 2. The van der Waals surface area contributed by atoms with Crippen molar-refractivity contribution in [1.29, 1.82) is 0 Å². The molecule has 1 aliphatic rings. The van der Waals surface area contributed by atoms with Crippen molar-refractivity contribution in [3.05, 3.63) is 59.7 Å². The molecule has 0 aliphatic carbocycles. The van der Waals surface area contributed by atoms with Crippen LogP contribution in [0.3, 0.4) is 0 Å². The van der Waals surface area contributed by atoms with Crippen LogP contribution in [0.4, 0.5) is 0 Å². The first-order chi connectivity index (χ1) is 13.9. The van der Waals surface area contributed by atoms with Gasteiger partial charge in [-0.15, -0.1) is 0 Å². The summed E-state index contributed by atoms with van der Waals surface area (Å²) in [5.74, 6) is 0.728. The van der Waals surface area contributed by atoms with Crippen molar-refractivity contribution >= 4 is 17.5 Å². The molecule has 8 nitrogen and oxygen atoms in total. The minimum Gasteiger partial charge on any atom is -0.497 e. The Morgan fingerprint density at radius 3 is 2.48 bits per heavy atom. The summed E-state index contributed by atoms with van der Waals surface area (Å²) in [4.78, 5) is 30.4. The van der Waals surface area contributed by atoms with E-state index in [0.717, 1.165) is 0 Å². The van der Waals surface area contributed by atoms with Crippen molar-refractivity contribution in [3.63, 3.8) is 0 Å². The van der Waals surface area contributed by atoms with Gasteiger partial charge in [0.2, 0.25) is 17.5 Å². The fraction of sp³-hybridized carbons (Fsp3) is 0.286. The Morgan fingerprint density at radius 1 is 1.10 bits per heavy atom. The van der Waals surface area contributed by atoms with Gasteiger partial charge in [-0.05, 0) is 26.0 Å². The van der Waals surface area contributed by atoms with Crippen molar-refractivity contribution < 1.29 is 23.9 Å². The predicted molar refractivity (Wildman–Crippen MR) is 107 cm³/mol. The van der Waals surface area contributed by atoms with Gasteiger partial charge in [-0.25, -0.2) is 5.01 Å². The maximum Gasteiger partial charge on any atom is 0.246 e. The molecule has 8 heteroatoms. The summed E-state index contributed by atoms with van der Waals surface area (Å²) in [6.07, 6.45) is -0.302. The number of rotatable bonds is 7. The fourth-order valence-corrected chi connectivity index (χ4v) is 2.87. The molecule has 29 heavy (non-hydrogen) atoms. The van der Waals surface area contributed by atoms with E-state index in [-0.39, 0.29) is 12.2 Å². The molecule has 0 atom stereocenters. The van der Waals surface area contributed by atoms with E-state index in [2.05, 4.69) is 10.6 Å². The molecule has 0 fully saturated rings. The van der Waals surface area contributed by atoms with E-state index >= 15 is 0 Å². The molecule has 2 aromatic carbocycles. The highest BCUT2D eigenvalue weighted by Gasteiger charge is 2.41. The Kier molecular flexibility index (Phi) is 5.72. The maximum atomic E-state index is 12.6. The molecule has 1 amide bonds. The first kappa shape index (κ1) is 20.2. The largest absolute Gasteiger partial charge is 0.497 e. The molecule has 1 aliphatic heterocycles. The lowest BCUT2D eigenvalue weighted by atomic mass is 10.1. The normalized spacial score (nSPS) is 14.6. The van der Waals surface area contributed by atoms with Crippen LogP contribution >= 0.6 is 0 Å². The SMILES string of the molecule is COc1ccc(C2=NOC(C)(C)N2NC(=O)CC(=O)c2ccccc2)c(OC)c1. The van der Waals surface area contributed by atoms with Crippen molar-refractivity contribution in [2.45, 2.75) is 26.0 Å². The standard InChI is InChI=1S/C21H23N3O5/c1-21(2)24(22-19(26)13-17(25)14-8-6-5-7-9-14)20(23-29-21)16-11-10-15(27-3)12-18(16)28-4/h5-12H,13H2,1-4H3,(H,22,26). The second-order valence-corrected chi connectivity index (χ2v) is 6.86. The lowest BCUT2D eigenvalue weighted by Crippen LogP contribution is -2.55. The number of ether oxygens (including phenoxy) is 2. The maximum absolute atomic E-state index is 12.6. The van der Waals surface area contributed by atoms with Crippen LogP contribution in [-0.2, 0) is 9.63 Å². The van der Waals surface area contributed by atoms with Crippen LogP contribution in [0, 0.1) is 0 Å². The van der Waals surface area contributed by atoms with Gasteiger partial charge in [-0.1, -0.05) is 35.5 Å². The third-order valence-corrected chi connectivity index (χ3v) is 4.41. The minimum atomic E-state index is -0.953. The Morgan fingerprint density at radius 2 is 1.83 bits per heavy atom. The van der Waals surface area contributed by atoms with E-state index in [9.17, 15) is 9.59 Å². The number of hydrogen-bond acceptors (Lipinski definition) is 7. The summed E-state index contributed by atoms with van der Waals surface area (Å²) in [6.45, 7) is 3.50. The topological polar surface area (TPSA) is 89.5 Å². The molecule has 1 N–H and O–H groups in total. The fourth-order valence-electron chi connectivity index (χ4n) is 2.87. The number of hydrazine groups is 1. The van der Waals surface area contributed by atoms with E-state index < -0.39 is 11.6 Å². The molecule has 1 heterocycles. The summed E-state index contributed by atoms with van der Waals surface area (Å²) in [6, 6.07) is 13.9. The predicted octanol–water partition coefficient (Wildman–Crippen LogP) is 2.74. The number of nitrogens with zero attached hydrogens (tertiary/aromatic N) is 2. The summed E-state index contributed by atoms with van der Waals surface area (Å²) >= 11 is 0. The summed E-state index contributed by atoms with van der Waals surface area (Å²) in [7, 11) is 3.09. The van der Waals surface area contributed by atoms with Gasteiger partial charge < -0.3 is 14.3 Å². The van der Waals surface area contributed by atoms with E-state index in [1.165, 1.54) is 12.1 Å². The number of nitrogens with one attached hydrogen (secondary N) is 1.